The molecule has 1 saturated heterocycles. The molecule has 1 aliphatic rings. The Balaban J connectivity index is 1.89. The van der Waals surface area contributed by atoms with Crippen molar-refractivity contribution in [3.63, 3.8) is 0 Å². The van der Waals surface area contributed by atoms with Crippen LogP contribution in [0.25, 0.3) is 0 Å². The Bertz CT molecular complexity index is 415. The van der Waals surface area contributed by atoms with Gasteiger partial charge in [-0.25, -0.2) is 4.39 Å². The second kappa shape index (κ2) is 5.60. The summed E-state index contributed by atoms with van der Waals surface area (Å²) in [4.78, 5) is 0. The van der Waals surface area contributed by atoms with Gasteiger partial charge in [0.2, 0.25) is 0 Å². The largest absolute Gasteiger partial charge is 0.508 e. The third kappa shape index (κ3) is 3.51. The summed E-state index contributed by atoms with van der Waals surface area (Å²) >= 11 is 0. The maximum atomic E-state index is 13.0. The van der Waals surface area contributed by atoms with Crippen molar-refractivity contribution in [1.82, 2.24) is 5.32 Å². The predicted octanol–water partition coefficient (Wildman–Crippen LogP) is 1.53. The Morgan fingerprint density at radius 1 is 1.41 bits per heavy atom. The molecule has 0 atom stereocenters. The first kappa shape index (κ1) is 12.5. The molecule has 5 heteroatoms. The number of halogens is 1. The molecule has 0 radical (unpaired) electrons. The van der Waals surface area contributed by atoms with Crippen LogP contribution in [-0.4, -0.2) is 26.9 Å². The number of hydrogen-bond donors (Lipinski definition) is 2. The lowest BCUT2D eigenvalue weighted by molar-refractivity contribution is 0.442. The molecule has 1 fully saturated rings. The number of phenolic OH excluding ortho intramolecular Hbond substituents is 1. The van der Waals surface area contributed by atoms with Crippen LogP contribution >= 0.6 is 0 Å². The van der Waals surface area contributed by atoms with Gasteiger partial charge in [0.05, 0.1) is 0 Å². The monoisotopic (exact) mass is 257 g/mol. The Hall–Kier alpha value is -0.940. The van der Waals surface area contributed by atoms with Crippen molar-refractivity contribution >= 4 is 10.8 Å². The molecule has 1 aromatic carbocycles. The topological polar surface area (TPSA) is 49.3 Å². The fourth-order valence-corrected chi connectivity index (χ4v) is 3.25. The molecular weight excluding hydrogens is 241 g/mol. The van der Waals surface area contributed by atoms with E-state index in [-0.39, 0.29) is 11.6 Å². The molecule has 17 heavy (non-hydrogen) atoms. The number of benzene rings is 1. The van der Waals surface area contributed by atoms with E-state index in [0.717, 1.165) is 24.3 Å². The van der Waals surface area contributed by atoms with Gasteiger partial charge < -0.3 is 10.4 Å². The van der Waals surface area contributed by atoms with Crippen molar-refractivity contribution < 1.29 is 13.7 Å². The Morgan fingerprint density at radius 3 is 2.82 bits per heavy atom. The molecule has 0 saturated carbocycles. The minimum atomic E-state index is -0.666. The molecule has 1 heterocycles. The summed E-state index contributed by atoms with van der Waals surface area (Å²) in [7, 11) is -0.666. The summed E-state index contributed by atoms with van der Waals surface area (Å²) in [5, 5.41) is 12.8. The van der Waals surface area contributed by atoms with E-state index in [0.29, 0.717) is 18.2 Å². The Kier molecular flexibility index (Phi) is 4.12. The third-order valence-electron chi connectivity index (χ3n) is 3.01. The maximum absolute atomic E-state index is 13.0. The molecular formula is C12H16FNO2S. The van der Waals surface area contributed by atoms with Crippen molar-refractivity contribution in [2.75, 3.05) is 11.5 Å². The highest BCUT2D eigenvalue weighted by Gasteiger charge is 2.17. The van der Waals surface area contributed by atoms with E-state index < -0.39 is 10.8 Å². The lowest BCUT2D eigenvalue weighted by atomic mass is 10.1. The number of hydrogen-bond acceptors (Lipinski definition) is 3. The van der Waals surface area contributed by atoms with E-state index in [4.69, 9.17) is 0 Å². The zero-order valence-electron chi connectivity index (χ0n) is 9.49. The number of rotatable bonds is 3. The van der Waals surface area contributed by atoms with Crippen LogP contribution in [0, 0.1) is 5.82 Å². The van der Waals surface area contributed by atoms with Crippen LogP contribution in [-0.2, 0) is 17.3 Å². The van der Waals surface area contributed by atoms with Crippen molar-refractivity contribution in [3.05, 3.63) is 29.6 Å². The summed E-state index contributed by atoms with van der Waals surface area (Å²) in [6.07, 6.45) is 1.76. The molecule has 3 nitrogen and oxygen atoms in total. The average molecular weight is 257 g/mol. The predicted molar refractivity (Wildman–Crippen MR) is 65.8 cm³/mol. The summed E-state index contributed by atoms with van der Waals surface area (Å²) in [5.74, 6) is 1.22. The van der Waals surface area contributed by atoms with Crippen LogP contribution in [0.15, 0.2) is 18.2 Å². The zero-order valence-corrected chi connectivity index (χ0v) is 10.3. The lowest BCUT2D eigenvalue weighted by Crippen LogP contribution is -2.35. The molecule has 0 bridgehead atoms. The molecule has 0 amide bonds. The van der Waals surface area contributed by atoms with Crippen LogP contribution < -0.4 is 5.32 Å². The van der Waals surface area contributed by atoms with Crippen molar-refractivity contribution in [3.8, 4) is 5.75 Å². The SMILES string of the molecule is O=S1CCC(NCc2cc(F)ccc2O)CC1. The molecule has 2 N–H and O–H groups in total. The number of aromatic hydroxyl groups is 1. The normalized spacial score (nSPS) is 24.8. The van der Waals surface area contributed by atoms with Gasteiger partial charge >= 0.3 is 0 Å². The van der Waals surface area contributed by atoms with Gasteiger partial charge in [-0.15, -0.1) is 0 Å². The first-order valence-corrected chi connectivity index (χ1v) is 7.19. The number of phenols is 1. The highest BCUT2D eigenvalue weighted by Crippen LogP contribution is 2.18. The van der Waals surface area contributed by atoms with E-state index in [9.17, 15) is 13.7 Å². The standard InChI is InChI=1S/C12H16FNO2S/c13-10-1-2-12(15)9(7-10)8-14-11-3-5-17(16)6-4-11/h1-2,7,11,14-15H,3-6,8H2. The van der Waals surface area contributed by atoms with Crippen LogP contribution in [0.4, 0.5) is 4.39 Å². The second-order valence-electron chi connectivity index (χ2n) is 4.28. The maximum Gasteiger partial charge on any atom is 0.123 e. The molecule has 1 aliphatic heterocycles. The first-order valence-electron chi connectivity index (χ1n) is 5.71. The van der Waals surface area contributed by atoms with Gasteiger partial charge in [0.25, 0.3) is 0 Å². The van der Waals surface area contributed by atoms with Gasteiger partial charge in [-0.2, -0.15) is 0 Å². The minimum Gasteiger partial charge on any atom is -0.508 e. The summed E-state index contributed by atoms with van der Waals surface area (Å²) in [6.45, 7) is 0.445. The fourth-order valence-electron chi connectivity index (χ4n) is 1.95. The molecule has 0 spiro atoms. The highest BCUT2D eigenvalue weighted by molar-refractivity contribution is 7.85. The fraction of sp³-hybridized carbons (Fsp3) is 0.500. The van der Waals surface area contributed by atoms with Gasteiger partial charge in [0.15, 0.2) is 0 Å². The quantitative estimate of drug-likeness (QED) is 0.863. The van der Waals surface area contributed by atoms with E-state index in [1.165, 1.54) is 18.2 Å². The van der Waals surface area contributed by atoms with Gasteiger partial charge in [0, 0.05) is 40.5 Å². The molecule has 0 unspecified atom stereocenters. The summed E-state index contributed by atoms with van der Waals surface area (Å²) < 4.78 is 24.2. The Morgan fingerprint density at radius 2 is 2.12 bits per heavy atom. The van der Waals surface area contributed by atoms with Crippen molar-refractivity contribution in [1.29, 1.82) is 0 Å². The summed E-state index contributed by atoms with van der Waals surface area (Å²) in [5.41, 5.74) is 0.566. The minimum absolute atomic E-state index is 0.110. The van der Waals surface area contributed by atoms with Crippen LogP contribution in [0.3, 0.4) is 0 Å². The third-order valence-corrected chi connectivity index (χ3v) is 4.39. The van der Waals surface area contributed by atoms with E-state index in [1.807, 2.05) is 0 Å². The summed E-state index contributed by atoms with van der Waals surface area (Å²) in [6, 6.07) is 4.25. The van der Waals surface area contributed by atoms with E-state index in [1.54, 1.807) is 0 Å². The molecule has 1 aromatic rings. The van der Waals surface area contributed by atoms with E-state index in [2.05, 4.69) is 5.32 Å². The Labute approximate surface area is 102 Å². The van der Waals surface area contributed by atoms with Crippen molar-refractivity contribution in [2.45, 2.75) is 25.4 Å². The van der Waals surface area contributed by atoms with Gasteiger partial charge in [-0.1, -0.05) is 0 Å². The average Bonchev–Trinajstić information content (AvgIpc) is 2.32. The first-order chi connectivity index (χ1) is 8.15. The van der Waals surface area contributed by atoms with Gasteiger partial charge in [0.1, 0.15) is 11.6 Å². The number of nitrogens with one attached hydrogen (secondary N) is 1. The molecule has 0 aliphatic carbocycles. The van der Waals surface area contributed by atoms with E-state index >= 15 is 0 Å². The molecule has 94 valence electrons. The van der Waals surface area contributed by atoms with Crippen molar-refractivity contribution in [2.24, 2.45) is 0 Å². The van der Waals surface area contributed by atoms with Crippen LogP contribution in [0.5, 0.6) is 5.75 Å². The molecule has 2 rings (SSSR count). The second-order valence-corrected chi connectivity index (χ2v) is 5.97. The smallest absolute Gasteiger partial charge is 0.123 e. The zero-order chi connectivity index (χ0) is 12.3. The lowest BCUT2D eigenvalue weighted by Gasteiger charge is -2.22. The van der Waals surface area contributed by atoms with Crippen LogP contribution in [0.2, 0.25) is 0 Å². The highest BCUT2D eigenvalue weighted by atomic mass is 32.2. The van der Waals surface area contributed by atoms with Gasteiger partial charge in [-0.05, 0) is 31.0 Å². The molecule has 0 aromatic heterocycles. The van der Waals surface area contributed by atoms with Crippen LogP contribution in [0.1, 0.15) is 18.4 Å². The van der Waals surface area contributed by atoms with Gasteiger partial charge in [-0.3, -0.25) is 4.21 Å².